The Morgan fingerprint density at radius 3 is 2.26 bits per heavy atom. The Bertz CT molecular complexity index is 651. The first kappa shape index (κ1) is 17.1. The molecule has 0 fully saturated rings. The average Bonchev–Trinajstić information content (AvgIpc) is 2.58. The third kappa shape index (κ3) is 4.13. The number of hydrogen-bond acceptors (Lipinski definition) is 2. The number of aryl methyl sites for hydroxylation is 1. The minimum atomic E-state index is -0.282. The maximum atomic E-state index is 14.4. The number of benzene rings is 1. The van der Waals surface area contributed by atoms with Gasteiger partial charge in [0.05, 0.1) is 6.04 Å². The largest absolute Gasteiger partial charge is 0.384 e. The first-order chi connectivity index (χ1) is 11.1. The second-order valence-electron chi connectivity index (χ2n) is 5.53. The first-order valence-electron chi connectivity index (χ1n) is 8.19. The van der Waals surface area contributed by atoms with E-state index in [1.54, 1.807) is 0 Å². The summed E-state index contributed by atoms with van der Waals surface area (Å²) in [5.41, 5.74) is 3.71. The molecule has 0 radical (unpaired) electrons. The van der Waals surface area contributed by atoms with Crippen LogP contribution in [0.3, 0.4) is 0 Å². The molecule has 2 nitrogen and oxygen atoms in total. The van der Waals surface area contributed by atoms with E-state index in [1.165, 1.54) is 5.56 Å². The van der Waals surface area contributed by atoms with Crippen LogP contribution in [0.15, 0.2) is 71.9 Å². The van der Waals surface area contributed by atoms with Crippen molar-refractivity contribution in [2.75, 3.05) is 0 Å². The summed E-state index contributed by atoms with van der Waals surface area (Å²) in [5, 5.41) is 6.12. The molecular formula is C20H25FN2. The first-order valence-corrected chi connectivity index (χ1v) is 8.19. The summed E-state index contributed by atoms with van der Waals surface area (Å²) < 4.78 is 14.4. The van der Waals surface area contributed by atoms with E-state index in [4.69, 9.17) is 0 Å². The molecule has 3 rings (SSSR count). The van der Waals surface area contributed by atoms with Gasteiger partial charge in [0.1, 0.15) is 0 Å². The number of nitrogens with one attached hydrogen (secondary N) is 2. The number of halogens is 1. The predicted octanol–water partition coefficient (Wildman–Crippen LogP) is 4.83. The number of dihydropyridines is 2. The molecule has 2 heterocycles. The molecule has 2 aliphatic heterocycles. The molecule has 0 saturated heterocycles. The van der Waals surface area contributed by atoms with Crippen molar-refractivity contribution in [1.82, 2.24) is 10.6 Å². The minimum absolute atomic E-state index is 0.116. The molecule has 0 aromatic heterocycles. The normalized spacial score (nSPS) is 22.6. The Morgan fingerprint density at radius 1 is 1.00 bits per heavy atom. The lowest BCUT2D eigenvalue weighted by atomic mass is 9.97. The van der Waals surface area contributed by atoms with E-state index >= 15 is 0 Å². The van der Waals surface area contributed by atoms with Crippen LogP contribution in [0.5, 0.6) is 0 Å². The van der Waals surface area contributed by atoms with Gasteiger partial charge in [0.2, 0.25) is 0 Å². The van der Waals surface area contributed by atoms with Gasteiger partial charge in [0, 0.05) is 23.4 Å². The topological polar surface area (TPSA) is 24.1 Å². The van der Waals surface area contributed by atoms with Crippen LogP contribution in [0, 0.1) is 6.92 Å². The van der Waals surface area contributed by atoms with Crippen LogP contribution in [-0.2, 0) is 0 Å². The third-order valence-corrected chi connectivity index (χ3v) is 3.79. The van der Waals surface area contributed by atoms with Crippen LogP contribution in [-0.4, -0.2) is 6.04 Å². The minimum Gasteiger partial charge on any atom is -0.384 e. The second kappa shape index (κ2) is 7.82. The zero-order valence-corrected chi connectivity index (χ0v) is 14.2. The molecule has 2 aliphatic rings. The highest BCUT2D eigenvalue weighted by Gasteiger charge is 2.19. The summed E-state index contributed by atoms with van der Waals surface area (Å²) >= 11 is 0. The second-order valence-corrected chi connectivity index (χ2v) is 5.53. The molecule has 2 atom stereocenters. The van der Waals surface area contributed by atoms with E-state index in [9.17, 15) is 4.39 Å². The van der Waals surface area contributed by atoms with Gasteiger partial charge < -0.3 is 10.6 Å². The van der Waals surface area contributed by atoms with E-state index in [-0.39, 0.29) is 12.0 Å². The van der Waals surface area contributed by atoms with Crippen molar-refractivity contribution in [2.24, 2.45) is 0 Å². The van der Waals surface area contributed by atoms with Crippen LogP contribution >= 0.6 is 0 Å². The summed E-state index contributed by atoms with van der Waals surface area (Å²) in [6.07, 6.45) is 9.68. The third-order valence-electron chi connectivity index (χ3n) is 3.79. The maximum Gasteiger partial charge on any atom is 0.195 e. The van der Waals surface area contributed by atoms with Gasteiger partial charge >= 0.3 is 0 Å². The van der Waals surface area contributed by atoms with Crippen molar-refractivity contribution in [2.45, 2.75) is 39.8 Å². The average molecular weight is 312 g/mol. The smallest absolute Gasteiger partial charge is 0.195 e. The molecule has 0 saturated carbocycles. The molecule has 0 amide bonds. The molecule has 122 valence electrons. The molecule has 0 bridgehead atoms. The number of hydrogen-bond donors (Lipinski definition) is 2. The van der Waals surface area contributed by atoms with Crippen molar-refractivity contribution in [3.8, 4) is 0 Å². The van der Waals surface area contributed by atoms with Gasteiger partial charge in [-0.3, -0.25) is 0 Å². The fourth-order valence-electron chi connectivity index (χ4n) is 2.46. The van der Waals surface area contributed by atoms with Gasteiger partial charge in [-0.05, 0) is 19.4 Å². The SMILES string of the molecule is CC.Cc1ccc(C2C=CC(C3=CNC(C)C=C3)=C(F)N2)cc1. The van der Waals surface area contributed by atoms with Crippen molar-refractivity contribution in [3.05, 3.63) is 83.0 Å². The standard InChI is InChI=1S/C18H19FN2.C2H6/c1-12-3-6-14(7-4-12)17-10-9-16(18(19)21-17)15-8-5-13(2)20-11-15;1-2/h3-11,13,17,20-21H,1-2H3;1-2H3. The van der Waals surface area contributed by atoms with Gasteiger partial charge in [0.25, 0.3) is 0 Å². The molecule has 1 aromatic rings. The molecule has 2 N–H and O–H groups in total. The molecule has 0 spiro atoms. The highest BCUT2D eigenvalue weighted by molar-refractivity contribution is 5.51. The van der Waals surface area contributed by atoms with Gasteiger partial charge in [-0.15, -0.1) is 0 Å². The van der Waals surface area contributed by atoms with Crippen LogP contribution in [0.25, 0.3) is 0 Å². The molecular weight excluding hydrogens is 287 g/mol. The van der Waals surface area contributed by atoms with Crippen LogP contribution in [0.2, 0.25) is 0 Å². The van der Waals surface area contributed by atoms with Crippen LogP contribution in [0.1, 0.15) is 37.9 Å². The summed E-state index contributed by atoms with van der Waals surface area (Å²) in [7, 11) is 0. The summed E-state index contributed by atoms with van der Waals surface area (Å²) in [6, 6.07) is 8.31. The Morgan fingerprint density at radius 2 is 1.70 bits per heavy atom. The lowest BCUT2D eigenvalue weighted by Gasteiger charge is -2.23. The summed E-state index contributed by atoms with van der Waals surface area (Å²) in [6.45, 7) is 8.10. The maximum absolute atomic E-state index is 14.4. The molecule has 23 heavy (non-hydrogen) atoms. The molecule has 3 heteroatoms. The van der Waals surface area contributed by atoms with Gasteiger partial charge in [-0.2, -0.15) is 4.39 Å². The van der Waals surface area contributed by atoms with Crippen LogP contribution in [0.4, 0.5) is 4.39 Å². The fourth-order valence-corrected chi connectivity index (χ4v) is 2.46. The van der Waals surface area contributed by atoms with Gasteiger partial charge in [-0.25, -0.2) is 0 Å². The predicted molar refractivity (Wildman–Crippen MR) is 95.5 cm³/mol. The van der Waals surface area contributed by atoms with E-state index in [0.717, 1.165) is 11.1 Å². The van der Waals surface area contributed by atoms with Crippen molar-refractivity contribution in [3.63, 3.8) is 0 Å². The van der Waals surface area contributed by atoms with E-state index in [2.05, 4.69) is 17.6 Å². The van der Waals surface area contributed by atoms with E-state index < -0.39 is 0 Å². The number of allylic oxidation sites excluding steroid dienone is 4. The van der Waals surface area contributed by atoms with Crippen molar-refractivity contribution in [1.29, 1.82) is 0 Å². The van der Waals surface area contributed by atoms with E-state index in [1.807, 2.05) is 75.5 Å². The lowest BCUT2D eigenvalue weighted by molar-refractivity contribution is 0.503. The van der Waals surface area contributed by atoms with E-state index in [0.29, 0.717) is 11.6 Å². The Balaban J connectivity index is 0.000000924. The Kier molecular flexibility index (Phi) is 5.80. The molecule has 0 aliphatic carbocycles. The zero-order valence-electron chi connectivity index (χ0n) is 14.2. The Hall–Kier alpha value is -2.29. The summed E-state index contributed by atoms with van der Waals surface area (Å²) in [4.78, 5) is 0. The van der Waals surface area contributed by atoms with Crippen molar-refractivity contribution >= 4 is 0 Å². The molecule has 2 unspecified atom stereocenters. The van der Waals surface area contributed by atoms with Gasteiger partial charge in [0.15, 0.2) is 5.95 Å². The zero-order chi connectivity index (χ0) is 16.8. The Labute approximate surface area is 138 Å². The van der Waals surface area contributed by atoms with Gasteiger partial charge in [-0.1, -0.05) is 68.0 Å². The monoisotopic (exact) mass is 312 g/mol. The van der Waals surface area contributed by atoms with Crippen LogP contribution < -0.4 is 10.6 Å². The number of rotatable bonds is 2. The highest BCUT2D eigenvalue weighted by atomic mass is 19.1. The summed E-state index contributed by atoms with van der Waals surface area (Å²) in [5.74, 6) is -0.282. The van der Waals surface area contributed by atoms with Crippen molar-refractivity contribution < 1.29 is 4.39 Å². The fraction of sp³-hybridized carbons (Fsp3) is 0.300. The highest BCUT2D eigenvalue weighted by Crippen LogP contribution is 2.28. The quantitative estimate of drug-likeness (QED) is 0.764. The molecule has 1 aromatic carbocycles. The lowest BCUT2D eigenvalue weighted by Crippen LogP contribution is -2.24.